The van der Waals surface area contributed by atoms with Crippen LogP contribution in [-0.4, -0.2) is 37.2 Å². The van der Waals surface area contributed by atoms with Crippen molar-refractivity contribution in [1.29, 1.82) is 0 Å². The van der Waals surface area contributed by atoms with Gasteiger partial charge in [-0.3, -0.25) is 4.79 Å². The zero-order valence-corrected chi connectivity index (χ0v) is 15.5. The van der Waals surface area contributed by atoms with Crippen LogP contribution in [0.2, 0.25) is 0 Å². The molecule has 5 heteroatoms. The van der Waals surface area contributed by atoms with Crippen LogP contribution in [0.1, 0.15) is 52.0 Å². The number of hydrogen-bond donors (Lipinski definition) is 0. The van der Waals surface area contributed by atoms with Crippen molar-refractivity contribution < 1.29 is 23.7 Å². The van der Waals surface area contributed by atoms with Gasteiger partial charge >= 0.3 is 5.97 Å². The molecule has 1 fully saturated rings. The van der Waals surface area contributed by atoms with Crippen LogP contribution in [0.5, 0.6) is 0 Å². The summed E-state index contributed by atoms with van der Waals surface area (Å²) in [6.07, 6.45) is 2.78. The molecule has 25 heavy (non-hydrogen) atoms. The van der Waals surface area contributed by atoms with E-state index in [1.54, 1.807) is 0 Å². The zero-order valence-electron chi connectivity index (χ0n) is 15.5. The van der Waals surface area contributed by atoms with Gasteiger partial charge in [-0.2, -0.15) is 0 Å². The Morgan fingerprint density at radius 2 is 2.08 bits per heavy atom. The highest BCUT2D eigenvalue weighted by molar-refractivity contribution is 5.69. The molecule has 0 unspecified atom stereocenters. The molecule has 2 atom stereocenters. The quantitative estimate of drug-likeness (QED) is 0.600. The summed E-state index contributed by atoms with van der Waals surface area (Å²) in [5.74, 6) is -0.676. The van der Waals surface area contributed by atoms with E-state index in [2.05, 4.69) is 0 Å². The Bertz CT molecular complexity index is 514. The molecule has 0 saturated carbocycles. The molecule has 0 bridgehead atoms. The summed E-state index contributed by atoms with van der Waals surface area (Å²) in [5.41, 5.74) is 1.14. The number of carbonyl (C=O) groups excluding carboxylic acids is 1. The van der Waals surface area contributed by atoms with Gasteiger partial charge in [0.05, 0.1) is 32.0 Å². The van der Waals surface area contributed by atoms with Gasteiger partial charge < -0.3 is 18.9 Å². The van der Waals surface area contributed by atoms with Gasteiger partial charge in [0.15, 0.2) is 5.79 Å². The summed E-state index contributed by atoms with van der Waals surface area (Å²) < 4.78 is 22.6. The summed E-state index contributed by atoms with van der Waals surface area (Å²) in [6.45, 7) is 7.23. The Morgan fingerprint density at radius 3 is 2.72 bits per heavy atom. The van der Waals surface area contributed by atoms with E-state index in [0.29, 0.717) is 26.2 Å². The molecule has 1 aliphatic heterocycles. The fraction of sp³-hybridized carbons (Fsp3) is 0.650. The highest BCUT2D eigenvalue weighted by Crippen LogP contribution is 2.27. The predicted octanol–water partition coefficient (Wildman–Crippen LogP) is 3.85. The molecule has 0 N–H and O–H groups in total. The Kier molecular flexibility index (Phi) is 7.88. The van der Waals surface area contributed by atoms with Gasteiger partial charge in [-0.25, -0.2) is 0 Å². The second-order valence-electron chi connectivity index (χ2n) is 6.80. The first-order valence-electron chi connectivity index (χ1n) is 9.11. The molecule has 2 rings (SSSR count). The molecule has 0 aliphatic carbocycles. The maximum absolute atomic E-state index is 11.5. The SMILES string of the molecule is CCOC(=O)CCC[C@H](C[C@@H]1COC(C)(C)O1)OCc1ccccc1. The zero-order chi connectivity index (χ0) is 18.1. The van der Waals surface area contributed by atoms with Gasteiger partial charge in [0.1, 0.15) is 0 Å². The van der Waals surface area contributed by atoms with Crippen molar-refractivity contribution in [2.75, 3.05) is 13.2 Å². The minimum absolute atomic E-state index is 0.0251. The second kappa shape index (κ2) is 9.90. The molecule has 0 radical (unpaired) electrons. The Hall–Kier alpha value is -1.43. The number of rotatable bonds is 10. The molecule has 140 valence electrons. The first-order valence-corrected chi connectivity index (χ1v) is 9.11. The number of carbonyl (C=O) groups is 1. The van der Waals surface area contributed by atoms with Crippen LogP contribution in [0.15, 0.2) is 30.3 Å². The maximum Gasteiger partial charge on any atom is 0.305 e. The summed E-state index contributed by atoms with van der Waals surface area (Å²) in [7, 11) is 0. The van der Waals surface area contributed by atoms with Gasteiger partial charge in [-0.15, -0.1) is 0 Å². The van der Waals surface area contributed by atoms with Gasteiger partial charge in [0.2, 0.25) is 0 Å². The highest BCUT2D eigenvalue weighted by Gasteiger charge is 2.34. The van der Waals surface area contributed by atoms with Crippen LogP contribution in [0.25, 0.3) is 0 Å². The van der Waals surface area contributed by atoms with Crippen molar-refractivity contribution in [1.82, 2.24) is 0 Å². The highest BCUT2D eigenvalue weighted by atomic mass is 16.7. The van der Waals surface area contributed by atoms with Gasteiger partial charge in [0, 0.05) is 12.8 Å². The number of benzene rings is 1. The van der Waals surface area contributed by atoms with E-state index in [1.165, 1.54) is 0 Å². The molecule has 0 amide bonds. The van der Waals surface area contributed by atoms with Crippen LogP contribution < -0.4 is 0 Å². The third kappa shape index (κ3) is 7.55. The molecule has 0 spiro atoms. The second-order valence-corrected chi connectivity index (χ2v) is 6.80. The summed E-state index contributed by atoms with van der Waals surface area (Å²) in [6, 6.07) is 10.1. The van der Waals surface area contributed by atoms with E-state index in [0.717, 1.165) is 24.8 Å². The lowest BCUT2D eigenvalue weighted by molar-refractivity contribution is -0.143. The van der Waals surface area contributed by atoms with Crippen molar-refractivity contribution in [2.24, 2.45) is 0 Å². The summed E-state index contributed by atoms with van der Waals surface area (Å²) in [4.78, 5) is 11.5. The lowest BCUT2D eigenvalue weighted by atomic mass is 10.1. The Morgan fingerprint density at radius 1 is 1.32 bits per heavy atom. The normalized spacial score (nSPS) is 20.4. The molecule has 0 aromatic heterocycles. The van der Waals surface area contributed by atoms with Crippen LogP contribution in [0, 0.1) is 0 Å². The molecule has 1 aromatic carbocycles. The van der Waals surface area contributed by atoms with Crippen LogP contribution in [0.4, 0.5) is 0 Å². The standard InChI is InChI=1S/C20H30O5/c1-4-22-19(21)12-8-11-17(13-18-15-24-20(2,3)25-18)23-14-16-9-6-5-7-10-16/h5-7,9-10,17-18H,4,8,11-15H2,1-3H3/t17-,18-/m1/s1. The first-order chi connectivity index (χ1) is 12.0. The van der Waals surface area contributed by atoms with E-state index in [-0.39, 0.29) is 18.2 Å². The van der Waals surface area contributed by atoms with Crippen LogP contribution in [-0.2, 0) is 30.3 Å². The molecule has 1 aliphatic rings. The smallest absolute Gasteiger partial charge is 0.305 e. The number of ether oxygens (including phenoxy) is 4. The van der Waals surface area contributed by atoms with Gasteiger partial charge in [-0.1, -0.05) is 30.3 Å². The molecule has 1 heterocycles. The molecule has 1 aromatic rings. The summed E-state index contributed by atoms with van der Waals surface area (Å²) >= 11 is 0. The molecular weight excluding hydrogens is 320 g/mol. The first kappa shape index (κ1) is 19.9. The average Bonchev–Trinajstić information content (AvgIpc) is 2.92. The number of hydrogen-bond acceptors (Lipinski definition) is 5. The van der Waals surface area contributed by atoms with E-state index in [9.17, 15) is 4.79 Å². The molecular formula is C20H30O5. The van der Waals surface area contributed by atoms with E-state index >= 15 is 0 Å². The van der Waals surface area contributed by atoms with Crippen LogP contribution >= 0.6 is 0 Å². The van der Waals surface area contributed by atoms with Crippen LogP contribution in [0.3, 0.4) is 0 Å². The Balaban J connectivity index is 1.83. The van der Waals surface area contributed by atoms with Crippen molar-refractivity contribution in [3.8, 4) is 0 Å². The van der Waals surface area contributed by atoms with Gasteiger partial charge in [0.25, 0.3) is 0 Å². The van der Waals surface area contributed by atoms with E-state index in [4.69, 9.17) is 18.9 Å². The van der Waals surface area contributed by atoms with Crippen molar-refractivity contribution in [2.45, 2.75) is 71.1 Å². The topological polar surface area (TPSA) is 54.0 Å². The fourth-order valence-electron chi connectivity index (χ4n) is 2.94. The number of esters is 1. The lowest BCUT2D eigenvalue weighted by Gasteiger charge is -2.22. The van der Waals surface area contributed by atoms with Crippen molar-refractivity contribution >= 4 is 5.97 Å². The Labute approximate surface area is 150 Å². The van der Waals surface area contributed by atoms with E-state index in [1.807, 2.05) is 51.1 Å². The summed E-state index contributed by atoms with van der Waals surface area (Å²) in [5, 5.41) is 0. The molecule has 1 saturated heterocycles. The lowest BCUT2D eigenvalue weighted by Crippen LogP contribution is -2.26. The monoisotopic (exact) mass is 350 g/mol. The third-order valence-electron chi connectivity index (χ3n) is 4.13. The third-order valence-corrected chi connectivity index (χ3v) is 4.13. The van der Waals surface area contributed by atoms with Crippen molar-refractivity contribution in [3.63, 3.8) is 0 Å². The van der Waals surface area contributed by atoms with Crippen molar-refractivity contribution in [3.05, 3.63) is 35.9 Å². The average molecular weight is 350 g/mol. The molecule has 5 nitrogen and oxygen atoms in total. The fourth-order valence-corrected chi connectivity index (χ4v) is 2.94. The minimum Gasteiger partial charge on any atom is -0.466 e. The van der Waals surface area contributed by atoms with Gasteiger partial charge in [-0.05, 0) is 39.2 Å². The largest absolute Gasteiger partial charge is 0.466 e. The van der Waals surface area contributed by atoms with E-state index < -0.39 is 5.79 Å². The minimum atomic E-state index is -0.528. The maximum atomic E-state index is 11.5. The predicted molar refractivity (Wildman–Crippen MR) is 95.0 cm³/mol.